The molecule has 0 aliphatic heterocycles. The summed E-state index contributed by atoms with van der Waals surface area (Å²) in [6, 6.07) is 4.68. The van der Waals surface area contributed by atoms with Gasteiger partial charge in [-0.1, -0.05) is 0 Å². The Bertz CT molecular complexity index is 315. The summed E-state index contributed by atoms with van der Waals surface area (Å²) in [5.74, 6) is 0.195. The van der Waals surface area contributed by atoms with E-state index in [0.29, 0.717) is 23.4 Å². The van der Waals surface area contributed by atoms with Gasteiger partial charge in [-0.2, -0.15) is 0 Å². The molecule has 0 unspecified atom stereocenters. The molecule has 84 valence electrons. The second-order valence-corrected chi connectivity index (χ2v) is 4.20. The Morgan fingerprint density at radius 1 is 1.33 bits per heavy atom. The highest BCUT2D eigenvalue weighted by atomic mass is 79.9. The normalized spacial score (nSPS) is 10.7. The van der Waals surface area contributed by atoms with Gasteiger partial charge in [0.2, 0.25) is 0 Å². The Morgan fingerprint density at radius 3 is 2.67 bits per heavy atom. The smallest absolute Gasteiger partial charge is 0.141 e. The molecule has 0 radical (unpaired) electrons. The van der Waals surface area contributed by atoms with E-state index in [4.69, 9.17) is 9.47 Å². The van der Waals surface area contributed by atoms with E-state index < -0.39 is 0 Å². The van der Waals surface area contributed by atoms with Gasteiger partial charge in [-0.3, -0.25) is 0 Å². The highest BCUT2D eigenvalue weighted by Crippen LogP contribution is 2.20. The van der Waals surface area contributed by atoms with E-state index in [1.807, 2.05) is 13.8 Å². The zero-order chi connectivity index (χ0) is 11.3. The van der Waals surface area contributed by atoms with Gasteiger partial charge in [0.05, 0.1) is 17.2 Å². The molecule has 1 aromatic rings. The standard InChI is InChI=1S/C11H14BrFO2/c1-8(2)14-5-6-15-9-3-4-10(12)11(13)7-9/h3-4,7-8H,5-6H2,1-2H3. The first-order valence-corrected chi connectivity index (χ1v) is 5.58. The SMILES string of the molecule is CC(C)OCCOc1ccc(Br)c(F)c1. The van der Waals surface area contributed by atoms with Crippen LogP contribution in [0.4, 0.5) is 4.39 Å². The molecule has 0 fully saturated rings. The molecule has 0 aliphatic carbocycles. The van der Waals surface area contributed by atoms with Crippen LogP contribution < -0.4 is 4.74 Å². The van der Waals surface area contributed by atoms with Crippen LogP contribution in [-0.2, 0) is 4.74 Å². The van der Waals surface area contributed by atoms with Gasteiger partial charge in [0.15, 0.2) is 0 Å². The molecular formula is C11H14BrFO2. The summed E-state index contributed by atoms with van der Waals surface area (Å²) >= 11 is 3.08. The Balaban J connectivity index is 2.35. The lowest BCUT2D eigenvalue weighted by molar-refractivity contribution is 0.0552. The van der Waals surface area contributed by atoms with Crippen molar-refractivity contribution in [3.8, 4) is 5.75 Å². The van der Waals surface area contributed by atoms with Crippen LogP contribution in [0.25, 0.3) is 0 Å². The molecule has 0 aromatic heterocycles. The average molecular weight is 277 g/mol. The maximum Gasteiger partial charge on any atom is 0.141 e. The van der Waals surface area contributed by atoms with Crippen molar-refractivity contribution in [1.82, 2.24) is 0 Å². The predicted octanol–water partition coefficient (Wildman–Crippen LogP) is 3.39. The molecule has 1 aromatic carbocycles. The van der Waals surface area contributed by atoms with Crippen LogP contribution in [-0.4, -0.2) is 19.3 Å². The molecule has 0 aliphatic rings. The van der Waals surface area contributed by atoms with Crippen LogP contribution >= 0.6 is 15.9 Å². The molecule has 2 nitrogen and oxygen atoms in total. The lowest BCUT2D eigenvalue weighted by Gasteiger charge is -2.09. The lowest BCUT2D eigenvalue weighted by Crippen LogP contribution is -2.11. The van der Waals surface area contributed by atoms with Crippen molar-refractivity contribution in [2.45, 2.75) is 20.0 Å². The minimum atomic E-state index is -0.322. The van der Waals surface area contributed by atoms with Crippen molar-refractivity contribution in [3.63, 3.8) is 0 Å². The van der Waals surface area contributed by atoms with Crippen molar-refractivity contribution < 1.29 is 13.9 Å². The third kappa shape index (κ3) is 4.62. The fourth-order valence-electron chi connectivity index (χ4n) is 1.01. The van der Waals surface area contributed by atoms with Gasteiger partial charge in [-0.05, 0) is 41.9 Å². The van der Waals surface area contributed by atoms with Crippen LogP contribution in [0.15, 0.2) is 22.7 Å². The molecule has 0 saturated carbocycles. The monoisotopic (exact) mass is 276 g/mol. The van der Waals surface area contributed by atoms with E-state index in [2.05, 4.69) is 15.9 Å². The molecule has 0 amide bonds. The number of ether oxygens (including phenoxy) is 2. The Labute approximate surface area is 97.5 Å². The molecular weight excluding hydrogens is 263 g/mol. The van der Waals surface area contributed by atoms with Gasteiger partial charge in [0.1, 0.15) is 18.2 Å². The highest BCUT2D eigenvalue weighted by molar-refractivity contribution is 9.10. The van der Waals surface area contributed by atoms with E-state index in [1.165, 1.54) is 6.07 Å². The average Bonchev–Trinajstić information content (AvgIpc) is 2.18. The summed E-state index contributed by atoms with van der Waals surface area (Å²) in [7, 11) is 0. The van der Waals surface area contributed by atoms with Gasteiger partial charge in [-0.15, -0.1) is 0 Å². The molecule has 0 bridgehead atoms. The van der Waals surface area contributed by atoms with E-state index in [-0.39, 0.29) is 11.9 Å². The molecule has 0 saturated heterocycles. The van der Waals surface area contributed by atoms with Crippen molar-refractivity contribution in [2.75, 3.05) is 13.2 Å². The fourth-order valence-corrected chi connectivity index (χ4v) is 1.26. The Kier molecular flexibility index (Phi) is 5.05. The number of rotatable bonds is 5. The molecule has 0 N–H and O–H groups in total. The maximum absolute atomic E-state index is 13.1. The summed E-state index contributed by atoms with van der Waals surface area (Å²) in [6.07, 6.45) is 0.190. The van der Waals surface area contributed by atoms with E-state index >= 15 is 0 Å². The highest BCUT2D eigenvalue weighted by Gasteiger charge is 2.01. The quantitative estimate of drug-likeness (QED) is 0.768. The molecule has 0 spiro atoms. The largest absolute Gasteiger partial charge is 0.491 e. The van der Waals surface area contributed by atoms with Gasteiger partial charge < -0.3 is 9.47 Å². The van der Waals surface area contributed by atoms with Crippen molar-refractivity contribution in [2.24, 2.45) is 0 Å². The van der Waals surface area contributed by atoms with Gasteiger partial charge in [0, 0.05) is 6.07 Å². The third-order valence-electron chi connectivity index (χ3n) is 1.69. The van der Waals surface area contributed by atoms with Crippen LogP contribution in [0.5, 0.6) is 5.75 Å². The van der Waals surface area contributed by atoms with Crippen LogP contribution in [0.3, 0.4) is 0 Å². The van der Waals surface area contributed by atoms with Gasteiger partial charge in [0.25, 0.3) is 0 Å². The van der Waals surface area contributed by atoms with E-state index in [0.717, 1.165) is 0 Å². The van der Waals surface area contributed by atoms with Crippen LogP contribution in [0.1, 0.15) is 13.8 Å². The Morgan fingerprint density at radius 2 is 2.07 bits per heavy atom. The predicted molar refractivity (Wildman–Crippen MR) is 60.7 cm³/mol. The molecule has 15 heavy (non-hydrogen) atoms. The zero-order valence-electron chi connectivity index (χ0n) is 8.80. The topological polar surface area (TPSA) is 18.5 Å². The first kappa shape index (κ1) is 12.5. The fraction of sp³-hybridized carbons (Fsp3) is 0.455. The molecule has 0 atom stereocenters. The van der Waals surface area contributed by atoms with Crippen molar-refractivity contribution >= 4 is 15.9 Å². The molecule has 1 rings (SSSR count). The van der Waals surface area contributed by atoms with E-state index in [1.54, 1.807) is 12.1 Å². The second kappa shape index (κ2) is 6.08. The number of hydrogen-bond donors (Lipinski definition) is 0. The summed E-state index contributed by atoms with van der Waals surface area (Å²) < 4.78 is 24.1. The Hall–Kier alpha value is -0.610. The number of hydrogen-bond acceptors (Lipinski definition) is 2. The first-order chi connectivity index (χ1) is 7.09. The molecule has 4 heteroatoms. The minimum absolute atomic E-state index is 0.190. The summed E-state index contributed by atoms with van der Waals surface area (Å²) in [5.41, 5.74) is 0. The van der Waals surface area contributed by atoms with Crippen LogP contribution in [0, 0.1) is 5.82 Å². The zero-order valence-corrected chi connectivity index (χ0v) is 10.4. The van der Waals surface area contributed by atoms with Crippen LogP contribution in [0.2, 0.25) is 0 Å². The second-order valence-electron chi connectivity index (χ2n) is 3.34. The van der Waals surface area contributed by atoms with Crippen molar-refractivity contribution in [3.05, 3.63) is 28.5 Å². The lowest BCUT2D eigenvalue weighted by atomic mass is 10.3. The van der Waals surface area contributed by atoms with Gasteiger partial charge in [-0.25, -0.2) is 4.39 Å². The minimum Gasteiger partial charge on any atom is -0.491 e. The van der Waals surface area contributed by atoms with Crippen molar-refractivity contribution in [1.29, 1.82) is 0 Å². The van der Waals surface area contributed by atoms with Gasteiger partial charge >= 0.3 is 0 Å². The first-order valence-electron chi connectivity index (χ1n) is 4.79. The summed E-state index contributed by atoms with van der Waals surface area (Å²) in [4.78, 5) is 0. The third-order valence-corrected chi connectivity index (χ3v) is 2.34. The van der Waals surface area contributed by atoms with E-state index in [9.17, 15) is 4.39 Å². The number of benzene rings is 1. The summed E-state index contributed by atoms with van der Waals surface area (Å²) in [5, 5.41) is 0. The number of halogens is 2. The molecule has 0 heterocycles. The maximum atomic E-state index is 13.1. The summed E-state index contributed by atoms with van der Waals surface area (Å²) in [6.45, 7) is 4.85.